The molecule has 1 aliphatic heterocycles. The van der Waals surface area contributed by atoms with Crippen molar-refractivity contribution in [1.82, 2.24) is 15.3 Å². The molecule has 8 heteroatoms. The Hall–Kier alpha value is -2.90. The quantitative estimate of drug-likeness (QED) is 0.478. The van der Waals surface area contributed by atoms with Crippen molar-refractivity contribution in [3.63, 3.8) is 0 Å². The topological polar surface area (TPSA) is 89.9 Å². The molecule has 2 aromatic rings. The van der Waals surface area contributed by atoms with Crippen molar-refractivity contribution in [3.05, 3.63) is 70.2 Å². The Labute approximate surface area is 154 Å². The van der Waals surface area contributed by atoms with Crippen LogP contribution in [0.25, 0.3) is 0 Å². The number of hydrogen-bond acceptors (Lipinski definition) is 4. The third-order valence-electron chi connectivity index (χ3n) is 4.07. The summed E-state index contributed by atoms with van der Waals surface area (Å²) in [4.78, 5) is 38.7. The normalized spacial score (nSPS) is 14.1. The zero-order valence-corrected chi connectivity index (χ0v) is 14.4. The molecule has 4 amide bonds. The van der Waals surface area contributed by atoms with Crippen molar-refractivity contribution in [2.24, 2.45) is 0 Å². The van der Waals surface area contributed by atoms with E-state index in [1.165, 1.54) is 21.9 Å². The highest BCUT2D eigenvalue weighted by Gasteiger charge is 2.35. The van der Waals surface area contributed by atoms with Crippen LogP contribution >= 0.6 is 11.6 Å². The number of imide groups is 1. The first kappa shape index (κ1) is 17.9. The van der Waals surface area contributed by atoms with Crippen LogP contribution in [-0.2, 0) is 17.9 Å². The third kappa shape index (κ3) is 3.84. The molecular weight excluding hydrogens is 358 g/mol. The summed E-state index contributed by atoms with van der Waals surface area (Å²) in [5, 5.41) is 9.22. The predicted octanol–water partition coefficient (Wildman–Crippen LogP) is 2.42. The van der Waals surface area contributed by atoms with Crippen LogP contribution in [0.3, 0.4) is 0 Å². The van der Waals surface area contributed by atoms with Crippen LogP contribution in [0.15, 0.2) is 48.5 Å². The van der Waals surface area contributed by atoms with E-state index in [4.69, 9.17) is 16.8 Å². The largest absolute Gasteiger partial charge is 0.327 e. The molecule has 134 valence electrons. The number of amides is 4. The van der Waals surface area contributed by atoms with Gasteiger partial charge in [0.15, 0.2) is 0 Å². The Kier molecular flexibility index (Phi) is 5.20. The maximum atomic E-state index is 12.5. The first-order valence-corrected chi connectivity index (χ1v) is 8.23. The molecule has 1 heterocycles. The molecule has 1 aliphatic rings. The molecule has 0 radical (unpaired) electrons. The SMILES string of the molecule is O=C(NO)c1ccc(CN2C(=O)CN(Cc3ccc(Cl)cc3)C2=O)cc1. The van der Waals surface area contributed by atoms with E-state index in [-0.39, 0.29) is 30.6 Å². The molecule has 1 saturated heterocycles. The van der Waals surface area contributed by atoms with Gasteiger partial charge in [-0.25, -0.2) is 10.3 Å². The van der Waals surface area contributed by atoms with E-state index in [0.717, 1.165) is 5.56 Å². The first-order chi connectivity index (χ1) is 12.5. The fraction of sp³-hybridized carbons (Fsp3) is 0.167. The predicted molar refractivity (Wildman–Crippen MR) is 93.5 cm³/mol. The number of halogens is 1. The number of carbonyl (C=O) groups is 3. The molecule has 0 atom stereocenters. The lowest BCUT2D eigenvalue weighted by atomic mass is 10.1. The van der Waals surface area contributed by atoms with Gasteiger partial charge >= 0.3 is 6.03 Å². The minimum absolute atomic E-state index is 0.0203. The summed E-state index contributed by atoms with van der Waals surface area (Å²) in [5.74, 6) is -0.903. The summed E-state index contributed by atoms with van der Waals surface area (Å²) in [6.07, 6.45) is 0. The minimum atomic E-state index is -0.626. The van der Waals surface area contributed by atoms with E-state index in [0.29, 0.717) is 17.1 Å². The van der Waals surface area contributed by atoms with Gasteiger partial charge in [0.1, 0.15) is 6.54 Å². The van der Waals surface area contributed by atoms with Gasteiger partial charge in [0.2, 0.25) is 0 Å². The number of nitrogens with one attached hydrogen (secondary N) is 1. The molecule has 2 aromatic carbocycles. The second kappa shape index (κ2) is 7.55. The summed E-state index contributed by atoms with van der Waals surface area (Å²) in [5.41, 5.74) is 3.41. The maximum absolute atomic E-state index is 12.5. The average molecular weight is 374 g/mol. The lowest BCUT2D eigenvalue weighted by Crippen LogP contribution is -2.32. The van der Waals surface area contributed by atoms with Crippen LogP contribution in [-0.4, -0.2) is 39.4 Å². The van der Waals surface area contributed by atoms with Gasteiger partial charge in [-0.15, -0.1) is 0 Å². The average Bonchev–Trinajstić information content (AvgIpc) is 2.91. The highest BCUT2D eigenvalue weighted by atomic mass is 35.5. The molecule has 1 fully saturated rings. The number of benzene rings is 2. The molecule has 0 saturated carbocycles. The zero-order chi connectivity index (χ0) is 18.7. The molecule has 7 nitrogen and oxygen atoms in total. The van der Waals surface area contributed by atoms with Crippen molar-refractivity contribution in [2.45, 2.75) is 13.1 Å². The van der Waals surface area contributed by atoms with E-state index < -0.39 is 5.91 Å². The van der Waals surface area contributed by atoms with Gasteiger partial charge in [-0.2, -0.15) is 0 Å². The van der Waals surface area contributed by atoms with Gasteiger partial charge in [-0.3, -0.25) is 19.7 Å². The number of nitrogens with zero attached hydrogens (tertiary/aromatic N) is 2. The molecule has 3 rings (SSSR count). The van der Waals surface area contributed by atoms with Crippen molar-refractivity contribution in [1.29, 1.82) is 0 Å². The molecule has 0 bridgehead atoms. The fourth-order valence-electron chi connectivity index (χ4n) is 2.69. The molecule has 0 spiro atoms. The summed E-state index contributed by atoms with van der Waals surface area (Å²) in [6.45, 7) is 0.468. The zero-order valence-electron chi connectivity index (χ0n) is 13.7. The fourth-order valence-corrected chi connectivity index (χ4v) is 2.82. The van der Waals surface area contributed by atoms with Gasteiger partial charge in [-0.1, -0.05) is 35.9 Å². The van der Waals surface area contributed by atoms with Gasteiger partial charge in [0.25, 0.3) is 11.8 Å². The lowest BCUT2D eigenvalue weighted by molar-refractivity contribution is -0.125. The molecule has 0 aliphatic carbocycles. The number of hydroxylamine groups is 1. The Balaban J connectivity index is 1.67. The Morgan fingerprint density at radius 1 is 1.00 bits per heavy atom. The summed E-state index contributed by atoms with van der Waals surface area (Å²) in [7, 11) is 0. The second-order valence-corrected chi connectivity index (χ2v) is 6.32. The van der Waals surface area contributed by atoms with Crippen molar-refractivity contribution < 1.29 is 19.6 Å². The molecule has 0 unspecified atom stereocenters. The molecular formula is C18H16ClN3O4. The Morgan fingerprint density at radius 3 is 2.19 bits per heavy atom. The van der Waals surface area contributed by atoms with Crippen molar-refractivity contribution in [2.75, 3.05) is 6.54 Å². The van der Waals surface area contributed by atoms with Crippen LogP contribution in [0.2, 0.25) is 5.02 Å². The van der Waals surface area contributed by atoms with Gasteiger partial charge in [0.05, 0.1) is 6.54 Å². The van der Waals surface area contributed by atoms with Crippen molar-refractivity contribution >= 4 is 29.4 Å². The second-order valence-electron chi connectivity index (χ2n) is 5.88. The lowest BCUT2D eigenvalue weighted by Gasteiger charge is -2.17. The molecule has 0 aromatic heterocycles. The van der Waals surface area contributed by atoms with Gasteiger partial charge < -0.3 is 4.90 Å². The Bertz CT molecular complexity index is 837. The maximum Gasteiger partial charge on any atom is 0.327 e. The first-order valence-electron chi connectivity index (χ1n) is 7.85. The van der Waals surface area contributed by atoms with Crippen LogP contribution < -0.4 is 5.48 Å². The van der Waals surface area contributed by atoms with E-state index in [9.17, 15) is 14.4 Å². The third-order valence-corrected chi connectivity index (χ3v) is 4.33. The number of rotatable bonds is 5. The number of hydrogen-bond donors (Lipinski definition) is 2. The number of urea groups is 1. The molecule has 26 heavy (non-hydrogen) atoms. The van der Waals surface area contributed by atoms with E-state index >= 15 is 0 Å². The highest BCUT2D eigenvalue weighted by Crippen LogP contribution is 2.19. The monoisotopic (exact) mass is 373 g/mol. The van der Waals surface area contributed by atoms with Gasteiger partial charge in [-0.05, 0) is 35.4 Å². The summed E-state index contributed by atoms with van der Waals surface area (Å²) in [6, 6.07) is 13.0. The van der Waals surface area contributed by atoms with Crippen LogP contribution in [0.5, 0.6) is 0 Å². The molecule has 2 N–H and O–H groups in total. The van der Waals surface area contributed by atoms with E-state index in [1.807, 2.05) is 12.1 Å². The van der Waals surface area contributed by atoms with E-state index in [2.05, 4.69) is 0 Å². The number of carbonyl (C=O) groups excluding carboxylic acids is 3. The van der Waals surface area contributed by atoms with Crippen LogP contribution in [0.4, 0.5) is 4.79 Å². The summed E-state index contributed by atoms with van der Waals surface area (Å²) >= 11 is 5.85. The van der Waals surface area contributed by atoms with Crippen LogP contribution in [0, 0.1) is 0 Å². The summed E-state index contributed by atoms with van der Waals surface area (Å²) < 4.78 is 0. The Morgan fingerprint density at radius 2 is 1.58 bits per heavy atom. The van der Waals surface area contributed by atoms with Crippen LogP contribution in [0.1, 0.15) is 21.5 Å². The van der Waals surface area contributed by atoms with Gasteiger partial charge in [0, 0.05) is 17.1 Å². The smallest absolute Gasteiger partial charge is 0.311 e. The van der Waals surface area contributed by atoms with E-state index in [1.54, 1.807) is 29.7 Å². The minimum Gasteiger partial charge on any atom is -0.311 e. The van der Waals surface area contributed by atoms with Crippen molar-refractivity contribution in [3.8, 4) is 0 Å². The standard InChI is InChI=1S/C18H16ClN3O4/c19-15-7-3-12(4-8-15)9-21-11-16(23)22(18(21)25)10-13-1-5-14(6-2-13)17(24)20-26/h1-8,26H,9-11H2,(H,20,24). The highest BCUT2D eigenvalue weighted by molar-refractivity contribution is 6.30.